The maximum absolute atomic E-state index is 10.7. The minimum absolute atomic E-state index is 0. The van der Waals surface area contributed by atoms with Gasteiger partial charge in [0.25, 0.3) is 0 Å². The van der Waals surface area contributed by atoms with Crippen LogP contribution in [-0.2, 0) is 11.4 Å². The Bertz CT molecular complexity index is 613. The molecule has 106 valence electrons. The van der Waals surface area contributed by atoms with Gasteiger partial charge in [0.05, 0.1) is 0 Å². The molecule has 0 saturated heterocycles. The van der Waals surface area contributed by atoms with Crippen LogP contribution in [0.2, 0.25) is 0 Å². The average Bonchev–Trinajstić information content (AvgIpc) is 2.47. The third-order valence-electron chi connectivity index (χ3n) is 2.85. The van der Waals surface area contributed by atoms with E-state index in [1.807, 2.05) is 54.6 Å². The Morgan fingerprint density at radius 1 is 1.14 bits per heavy atom. The second kappa shape index (κ2) is 8.03. The van der Waals surface area contributed by atoms with Crippen molar-refractivity contribution < 1.29 is 17.5 Å². The first-order valence-corrected chi connectivity index (χ1v) is 6.33. The molecule has 0 saturated carbocycles. The van der Waals surface area contributed by atoms with E-state index >= 15 is 0 Å². The van der Waals surface area contributed by atoms with E-state index in [1.54, 1.807) is 13.0 Å². The van der Waals surface area contributed by atoms with Crippen LogP contribution in [0.3, 0.4) is 0 Å². The summed E-state index contributed by atoms with van der Waals surface area (Å²) in [5.74, 6) is -0.145. The third-order valence-corrected chi connectivity index (χ3v) is 2.85. The van der Waals surface area contributed by atoms with E-state index < -0.39 is 5.97 Å². The van der Waals surface area contributed by atoms with E-state index in [1.165, 1.54) is 0 Å². The molecule has 0 unspecified atom stereocenters. The Hall–Kier alpha value is -2.38. The van der Waals surface area contributed by atoms with E-state index in [9.17, 15) is 4.79 Å². The van der Waals surface area contributed by atoms with Crippen molar-refractivity contribution >= 4 is 22.2 Å². The largest absolute Gasteiger partial charge is 2.00 e. The average molecular weight is 279 g/mol. The van der Waals surface area contributed by atoms with Crippen molar-refractivity contribution in [3.05, 3.63) is 71.3 Å². The molecule has 2 aromatic rings. The van der Waals surface area contributed by atoms with Crippen molar-refractivity contribution in [2.24, 2.45) is 0 Å². The van der Waals surface area contributed by atoms with Gasteiger partial charge < -0.3 is 12.7 Å². The van der Waals surface area contributed by atoms with Crippen molar-refractivity contribution in [1.82, 2.24) is 0 Å². The summed E-state index contributed by atoms with van der Waals surface area (Å²) in [5, 5.41) is 8.82. The van der Waals surface area contributed by atoms with Crippen molar-refractivity contribution in [2.75, 3.05) is 0 Å². The fourth-order valence-electron chi connectivity index (χ4n) is 1.71. The predicted octanol–water partition coefficient (Wildman–Crippen LogP) is 3.60. The summed E-state index contributed by atoms with van der Waals surface area (Å²) in [6.45, 7) is 2.09. The number of carbonyl (C=O) groups is 1. The molecule has 0 atom stereocenters. The molecular formula is C17H18BeO3. The summed E-state index contributed by atoms with van der Waals surface area (Å²) in [6, 6.07) is 17.3. The summed E-state index contributed by atoms with van der Waals surface area (Å²) < 4.78 is 5.66. The van der Waals surface area contributed by atoms with Gasteiger partial charge in [-0.15, -0.1) is 0 Å². The van der Waals surface area contributed by atoms with Crippen molar-refractivity contribution in [1.29, 1.82) is 0 Å². The van der Waals surface area contributed by atoms with Gasteiger partial charge in [-0.25, -0.2) is 4.79 Å². The van der Waals surface area contributed by atoms with Crippen LogP contribution in [0.1, 0.15) is 20.9 Å². The SMILES string of the molecule is CC(=Cc1ccc(OCc2ccccc2)cc1)C(=O)O.[Be+2].[H-].[H-]. The zero-order valence-electron chi connectivity index (χ0n) is 14.0. The van der Waals surface area contributed by atoms with Gasteiger partial charge >= 0.3 is 16.1 Å². The maximum Gasteiger partial charge on any atom is 2.00 e. The first-order valence-electron chi connectivity index (χ1n) is 6.33. The number of aliphatic carboxylic acids is 1. The number of carboxylic acids is 1. The molecule has 0 aromatic heterocycles. The smallest absolute Gasteiger partial charge is 1.00 e. The number of carboxylic acid groups (broad SMARTS) is 1. The van der Waals surface area contributed by atoms with Gasteiger partial charge in [-0.3, -0.25) is 0 Å². The van der Waals surface area contributed by atoms with Crippen LogP contribution in [0.4, 0.5) is 0 Å². The monoisotopic (exact) mass is 279 g/mol. The topological polar surface area (TPSA) is 46.5 Å². The number of hydrogen-bond acceptors (Lipinski definition) is 2. The van der Waals surface area contributed by atoms with Gasteiger partial charge in [-0.05, 0) is 36.3 Å². The molecule has 0 fully saturated rings. The summed E-state index contributed by atoms with van der Waals surface area (Å²) in [5.41, 5.74) is 2.26. The summed E-state index contributed by atoms with van der Waals surface area (Å²) in [7, 11) is 0. The minimum atomic E-state index is -0.908. The third kappa shape index (κ3) is 5.25. The number of rotatable bonds is 5. The molecule has 0 radical (unpaired) electrons. The molecule has 21 heavy (non-hydrogen) atoms. The van der Waals surface area contributed by atoms with Crippen LogP contribution >= 0.6 is 0 Å². The number of benzene rings is 2. The van der Waals surface area contributed by atoms with Gasteiger partial charge in [-0.1, -0.05) is 42.5 Å². The van der Waals surface area contributed by atoms with Crippen LogP contribution in [-0.4, -0.2) is 21.2 Å². The van der Waals surface area contributed by atoms with E-state index in [-0.39, 0.29) is 13.0 Å². The number of hydrogen-bond donors (Lipinski definition) is 1. The Balaban J connectivity index is 0. The molecule has 1 N–H and O–H groups in total. The summed E-state index contributed by atoms with van der Waals surface area (Å²) in [6.07, 6.45) is 1.63. The Kier molecular flexibility index (Phi) is 6.37. The van der Waals surface area contributed by atoms with E-state index in [4.69, 9.17) is 9.84 Å². The Morgan fingerprint density at radius 3 is 2.33 bits per heavy atom. The zero-order chi connectivity index (χ0) is 14.4. The molecule has 4 heteroatoms. The van der Waals surface area contributed by atoms with Gasteiger partial charge in [-0.2, -0.15) is 0 Å². The fourth-order valence-corrected chi connectivity index (χ4v) is 1.71. The van der Waals surface area contributed by atoms with Crippen LogP contribution in [0, 0.1) is 0 Å². The van der Waals surface area contributed by atoms with Gasteiger partial charge in [0.1, 0.15) is 12.4 Å². The Labute approximate surface area is 131 Å². The Morgan fingerprint density at radius 2 is 1.76 bits per heavy atom. The predicted molar refractivity (Wildman–Crippen MR) is 86.5 cm³/mol. The molecule has 0 amide bonds. The molecule has 0 aliphatic heterocycles. The second-order valence-corrected chi connectivity index (χ2v) is 4.48. The van der Waals surface area contributed by atoms with Gasteiger partial charge in [0.2, 0.25) is 0 Å². The molecule has 0 heterocycles. The van der Waals surface area contributed by atoms with Crippen LogP contribution in [0.5, 0.6) is 5.75 Å². The standard InChI is InChI=1S/C17H16O3.Be.2H/c1-13(17(18)19)11-14-7-9-16(10-8-14)20-12-15-5-3-2-4-6-15;;;/h2-11H,12H2,1H3,(H,18,19);;;/q;+2;2*-1. The van der Waals surface area contributed by atoms with E-state index in [0.717, 1.165) is 16.9 Å². The first-order chi connectivity index (χ1) is 9.65. The quantitative estimate of drug-likeness (QED) is 0.672. The second-order valence-electron chi connectivity index (χ2n) is 4.48. The van der Waals surface area contributed by atoms with Crippen LogP contribution in [0.15, 0.2) is 60.2 Å². The molecule has 0 aliphatic rings. The van der Waals surface area contributed by atoms with E-state index in [0.29, 0.717) is 12.2 Å². The molecular weight excluding hydrogens is 261 g/mol. The van der Waals surface area contributed by atoms with Gasteiger partial charge in [0.15, 0.2) is 0 Å². The van der Waals surface area contributed by atoms with Crippen LogP contribution < -0.4 is 4.74 Å². The zero-order valence-corrected chi connectivity index (χ0v) is 12.0. The minimum Gasteiger partial charge on any atom is -1.00 e. The van der Waals surface area contributed by atoms with Crippen LogP contribution in [0.25, 0.3) is 6.08 Å². The molecule has 0 spiro atoms. The molecule has 2 aromatic carbocycles. The summed E-state index contributed by atoms with van der Waals surface area (Å²) in [4.78, 5) is 10.7. The van der Waals surface area contributed by atoms with E-state index in [2.05, 4.69) is 0 Å². The molecule has 2 rings (SSSR count). The maximum atomic E-state index is 10.7. The normalized spacial score (nSPS) is 10.6. The summed E-state index contributed by atoms with van der Waals surface area (Å²) >= 11 is 0. The van der Waals surface area contributed by atoms with Gasteiger partial charge in [0, 0.05) is 5.57 Å². The van der Waals surface area contributed by atoms with Crippen molar-refractivity contribution in [3.8, 4) is 5.75 Å². The molecule has 3 nitrogen and oxygen atoms in total. The first kappa shape index (κ1) is 16.7. The van der Waals surface area contributed by atoms with Crippen molar-refractivity contribution in [2.45, 2.75) is 13.5 Å². The molecule has 0 bridgehead atoms. The molecule has 0 aliphatic carbocycles. The fraction of sp³-hybridized carbons (Fsp3) is 0.118. The number of ether oxygens (including phenoxy) is 1. The van der Waals surface area contributed by atoms with Crippen molar-refractivity contribution in [3.63, 3.8) is 0 Å².